The highest BCUT2D eigenvalue weighted by Gasteiger charge is 2.41. The second-order valence-electron chi connectivity index (χ2n) is 8.67. The normalized spacial score (nSPS) is 18.3. The maximum Gasteiger partial charge on any atom is 0.170 e. The van der Waals surface area contributed by atoms with Gasteiger partial charge >= 0.3 is 0 Å². The Hall–Kier alpha value is -2.70. The van der Waals surface area contributed by atoms with Gasteiger partial charge in [-0.2, -0.15) is 0 Å². The number of thiocarbonyl (C=S) groups is 1. The Morgan fingerprint density at radius 3 is 2.47 bits per heavy atom. The van der Waals surface area contributed by atoms with E-state index >= 15 is 0 Å². The van der Waals surface area contributed by atoms with E-state index in [-0.39, 0.29) is 12.1 Å². The van der Waals surface area contributed by atoms with Crippen molar-refractivity contribution in [1.82, 2.24) is 19.8 Å². The first-order valence-corrected chi connectivity index (χ1v) is 11.6. The van der Waals surface area contributed by atoms with Crippen molar-refractivity contribution in [3.05, 3.63) is 82.4 Å². The smallest absolute Gasteiger partial charge is 0.170 e. The first-order chi connectivity index (χ1) is 15.4. The summed E-state index contributed by atoms with van der Waals surface area (Å²) in [6.45, 7) is 10.2. The number of ether oxygens (including phenoxy) is 1. The SMILES string of the molecule is COCCCN1C(=S)N[C@@H](c2ccccn2)[C@@H]1c1cc(C)n(-c2cc(C)cc(C)c2)c1C. The lowest BCUT2D eigenvalue weighted by atomic mass is 9.96. The predicted octanol–water partition coefficient (Wildman–Crippen LogP) is 5.11. The highest BCUT2D eigenvalue weighted by molar-refractivity contribution is 7.80. The molecule has 0 bridgehead atoms. The molecule has 2 atom stereocenters. The van der Waals surface area contributed by atoms with Crippen molar-refractivity contribution in [2.45, 2.75) is 46.2 Å². The van der Waals surface area contributed by atoms with Gasteiger partial charge in [0.25, 0.3) is 0 Å². The molecule has 32 heavy (non-hydrogen) atoms. The summed E-state index contributed by atoms with van der Waals surface area (Å²) < 4.78 is 7.67. The van der Waals surface area contributed by atoms with Crippen LogP contribution < -0.4 is 5.32 Å². The fourth-order valence-corrected chi connectivity index (χ4v) is 5.26. The van der Waals surface area contributed by atoms with Gasteiger partial charge in [0, 0.05) is 43.5 Å². The Morgan fingerprint density at radius 2 is 1.81 bits per heavy atom. The van der Waals surface area contributed by atoms with E-state index in [9.17, 15) is 0 Å². The number of rotatable bonds is 7. The van der Waals surface area contributed by atoms with Gasteiger partial charge in [0.1, 0.15) is 0 Å². The van der Waals surface area contributed by atoms with Crippen LogP contribution in [-0.4, -0.2) is 39.8 Å². The summed E-state index contributed by atoms with van der Waals surface area (Å²) in [7, 11) is 1.74. The van der Waals surface area contributed by atoms with Gasteiger partial charge in [0.15, 0.2) is 5.11 Å². The zero-order valence-corrected chi connectivity index (χ0v) is 20.4. The number of aromatic nitrogens is 2. The third-order valence-corrected chi connectivity index (χ3v) is 6.55. The largest absolute Gasteiger partial charge is 0.385 e. The Morgan fingerprint density at radius 1 is 1.06 bits per heavy atom. The van der Waals surface area contributed by atoms with Crippen molar-refractivity contribution in [3.63, 3.8) is 0 Å². The minimum Gasteiger partial charge on any atom is -0.385 e. The summed E-state index contributed by atoms with van der Waals surface area (Å²) in [5, 5.41) is 4.33. The molecule has 3 aromatic rings. The van der Waals surface area contributed by atoms with Crippen molar-refractivity contribution in [2.75, 3.05) is 20.3 Å². The van der Waals surface area contributed by atoms with Gasteiger partial charge in [0.2, 0.25) is 0 Å². The monoisotopic (exact) mass is 448 g/mol. The molecular formula is C26H32N4OS. The molecule has 1 aliphatic rings. The van der Waals surface area contributed by atoms with E-state index < -0.39 is 0 Å². The van der Waals surface area contributed by atoms with Crippen LogP contribution in [0, 0.1) is 27.7 Å². The van der Waals surface area contributed by atoms with Crippen molar-refractivity contribution in [2.24, 2.45) is 0 Å². The Kier molecular flexibility index (Phi) is 6.63. The molecule has 0 unspecified atom stereocenters. The lowest BCUT2D eigenvalue weighted by Crippen LogP contribution is -2.31. The van der Waals surface area contributed by atoms with Crippen LogP contribution >= 0.6 is 12.2 Å². The molecule has 2 aromatic heterocycles. The highest BCUT2D eigenvalue weighted by Crippen LogP contribution is 2.41. The molecule has 0 amide bonds. The minimum absolute atomic E-state index is 0.000518. The molecule has 0 spiro atoms. The number of nitrogens with zero attached hydrogens (tertiary/aromatic N) is 3. The van der Waals surface area contributed by atoms with E-state index in [1.165, 1.54) is 33.8 Å². The molecule has 1 aliphatic heterocycles. The number of hydrogen-bond donors (Lipinski definition) is 1. The van der Waals surface area contributed by atoms with E-state index in [4.69, 9.17) is 17.0 Å². The molecule has 6 heteroatoms. The first-order valence-electron chi connectivity index (χ1n) is 11.1. The van der Waals surface area contributed by atoms with E-state index in [0.717, 1.165) is 23.8 Å². The van der Waals surface area contributed by atoms with Crippen molar-refractivity contribution >= 4 is 17.3 Å². The van der Waals surface area contributed by atoms with Crippen LogP contribution in [0.25, 0.3) is 5.69 Å². The number of hydrogen-bond acceptors (Lipinski definition) is 3. The zero-order valence-electron chi connectivity index (χ0n) is 19.6. The summed E-state index contributed by atoms with van der Waals surface area (Å²) in [6, 6.07) is 15.2. The Labute approximate surface area is 196 Å². The van der Waals surface area contributed by atoms with Crippen LogP contribution in [0.4, 0.5) is 0 Å². The number of nitrogens with one attached hydrogen (secondary N) is 1. The predicted molar refractivity (Wildman–Crippen MR) is 133 cm³/mol. The van der Waals surface area contributed by atoms with Crippen LogP contribution in [0.15, 0.2) is 48.7 Å². The minimum atomic E-state index is -0.000518. The van der Waals surface area contributed by atoms with Gasteiger partial charge in [-0.05, 0) is 93.4 Å². The number of methoxy groups -OCH3 is 1. The highest BCUT2D eigenvalue weighted by atomic mass is 32.1. The number of pyridine rings is 1. The number of aryl methyl sites for hydroxylation is 3. The maximum atomic E-state index is 5.79. The quantitative estimate of drug-likeness (QED) is 0.402. The number of benzene rings is 1. The van der Waals surface area contributed by atoms with Crippen LogP contribution in [0.5, 0.6) is 0 Å². The Bertz CT molecular complexity index is 1090. The van der Waals surface area contributed by atoms with Crippen LogP contribution in [0.2, 0.25) is 0 Å². The van der Waals surface area contributed by atoms with Gasteiger partial charge in [-0.25, -0.2) is 0 Å². The maximum absolute atomic E-state index is 5.79. The summed E-state index contributed by atoms with van der Waals surface area (Å²) in [4.78, 5) is 6.97. The van der Waals surface area contributed by atoms with Crippen LogP contribution in [0.1, 0.15) is 52.3 Å². The van der Waals surface area contributed by atoms with Gasteiger partial charge in [-0.1, -0.05) is 12.1 Å². The van der Waals surface area contributed by atoms with Crippen molar-refractivity contribution in [3.8, 4) is 5.69 Å². The van der Waals surface area contributed by atoms with E-state index in [1.54, 1.807) is 7.11 Å². The molecule has 0 aliphatic carbocycles. The van der Waals surface area contributed by atoms with E-state index in [2.05, 4.69) is 77.8 Å². The fraction of sp³-hybridized carbons (Fsp3) is 0.385. The van der Waals surface area contributed by atoms with Gasteiger partial charge in [-0.15, -0.1) is 0 Å². The second-order valence-corrected chi connectivity index (χ2v) is 9.06. The zero-order chi connectivity index (χ0) is 22.8. The van der Waals surface area contributed by atoms with Crippen molar-refractivity contribution in [1.29, 1.82) is 0 Å². The van der Waals surface area contributed by atoms with Gasteiger partial charge in [0.05, 0.1) is 17.8 Å². The Balaban J connectivity index is 1.80. The van der Waals surface area contributed by atoms with Crippen LogP contribution in [0.3, 0.4) is 0 Å². The lowest BCUT2D eigenvalue weighted by Gasteiger charge is -2.28. The molecule has 1 aromatic carbocycles. The molecule has 0 radical (unpaired) electrons. The van der Waals surface area contributed by atoms with Crippen LogP contribution in [-0.2, 0) is 4.74 Å². The molecule has 3 heterocycles. The topological polar surface area (TPSA) is 42.3 Å². The summed E-state index contributed by atoms with van der Waals surface area (Å²) in [5.41, 5.74) is 8.49. The average molecular weight is 449 g/mol. The summed E-state index contributed by atoms with van der Waals surface area (Å²) in [6.07, 6.45) is 2.77. The average Bonchev–Trinajstić information content (AvgIpc) is 3.23. The summed E-state index contributed by atoms with van der Waals surface area (Å²) >= 11 is 5.79. The molecule has 1 fully saturated rings. The molecule has 1 N–H and O–H groups in total. The van der Waals surface area contributed by atoms with Gasteiger partial charge in [-0.3, -0.25) is 4.98 Å². The molecular weight excluding hydrogens is 416 g/mol. The third kappa shape index (κ3) is 4.30. The first kappa shape index (κ1) is 22.5. The van der Waals surface area contributed by atoms with E-state index in [0.29, 0.717) is 6.61 Å². The third-order valence-electron chi connectivity index (χ3n) is 6.20. The van der Waals surface area contributed by atoms with Gasteiger partial charge < -0.3 is 19.5 Å². The summed E-state index contributed by atoms with van der Waals surface area (Å²) in [5.74, 6) is 0. The molecule has 0 saturated carbocycles. The standard InChI is InChI=1S/C26H32N4OS/c1-17-13-18(2)15-21(14-17)30-19(3)16-22(20(30)4)25-24(23-9-6-7-10-27-23)28-26(32)29(25)11-8-12-31-5/h6-7,9-10,13-16,24-25H,8,11-12H2,1-5H3,(H,28,32)/t24-,25-/m0/s1. The molecule has 168 valence electrons. The second kappa shape index (κ2) is 9.43. The molecule has 5 nitrogen and oxygen atoms in total. The lowest BCUT2D eigenvalue weighted by molar-refractivity contribution is 0.180. The fourth-order valence-electron chi connectivity index (χ4n) is 4.93. The molecule has 4 rings (SSSR count). The van der Waals surface area contributed by atoms with Crippen molar-refractivity contribution < 1.29 is 4.74 Å². The molecule has 1 saturated heterocycles. The van der Waals surface area contributed by atoms with E-state index in [1.807, 2.05) is 18.3 Å².